The highest BCUT2D eigenvalue weighted by molar-refractivity contribution is 5.85. The molecule has 0 unspecified atom stereocenters. The summed E-state index contributed by atoms with van der Waals surface area (Å²) in [5, 5.41) is 5.99. The zero-order chi connectivity index (χ0) is 11.7. The van der Waals surface area contributed by atoms with Crippen molar-refractivity contribution in [3.8, 4) is 0 Å². The Morgan fingerprint density at radius 3 is 2.24 bits per heavy atom. The van der Waals surface area contributed by atoms with Gasteiger partial charge < -0.3 is 15.5 Å². The third-order valence-corrected chi connectivity index (χ3v) is 2.07. The molecule has 1 amide bonds. The minimum atomic E-state index is 0. The van der Waals surface area contributed by atoms with Crippen molar-refractivity contribution in [2.24, 2.45) is 5.92 Å². The molecule has 4 nitrogen and oxygen atoms in total. The first-order valence-electron chi connectivity index (χ1n) is 5.64. The van der Waals surface area contributed by atoms with Gasteiger partial charge in [-0.25, -0.2) is 0 Å². The van der Waals surface area contributed by atoms with Crippen LogP contribution in [0.15, 0.2) is 0 Å². The lowest BCUT2D eigenvalue weighted by Gasteiger charge is -2.11. The molecule has 0 atom stereocenters. The average molecular weight is 288 g/mol. The highest BCUT2D eigenvalue weighted by Gasteiger charge is 2.00. The molecule has 0 bridgehead atoms. The van der Waals surface area contributed by atoms with E-state index in [0.717, 1.165) is 26.1 Å². The number of carbonyl (C=O) groups excluding carboxylic acids is 1. The van der Waals surface area contributed by atoms with Crippen molar-refractivity contribution < 1.29 is 4.79 Å². The van der Waals surface area contributed by atoms with Gasteiger partial charge in [0.2, 0.25) is 5.91 Å². The molecule has 0 aromatic heterocycles. The maximum atomic E-state index is 11.3. The van der Waals surface area contributed by atoms with E-state index in [1.54, 1.807) is 0 Å². The maximum absolute atomic E-state index is 11.3. The Bertz CT molecular complexity index is 178. The third kappa shape index (κ3) is 18.5. The fourth-order valence-corrected chi connectivity index (χ4v) is 1.07. The first-order valence-corrected chi connectivity index (χ1v) is 5.64. The van der Waals surface area contributed by atoms with Crippen LogP contribution in [0.2, 0.25) is 0 Å². The van der Waals surface area contributed by atoms with E-state index in [-0.39, 0.29) is 30.7 Å². The van der Waals surface area contributed by atoms with Gasteiger partial charge in [0.15, 0.2) is 0 Å². The molecule has 6 heteroatoms. The Kier molecular flexibility index (Phi) is 18.3. The van der Waals surface area contributed by atoms with Crippen molar-refractivity contribution in [1.29, 1.82) is 0 Å². The van der Waals surface area contributed by atoms with E-state index < -0.39 is 0 Å². The van der Waals surface area contributed by atoms with Gasteiger partial charge in [-0.05, 0) is 33.0 Å². The standard InChI is InChI=1S/C11H25N3O.2ClH/c1-10(2)5-6-12-9-11(15)13-7-8-14(3)4;;/h10,12H,5-9H2,1-4H3,(H,13,15);2*1H. The molecule has 0 aliphatic heterocycles. The van der Waals surface area contributed by atoms with E-state index in [1.165, 1.54) is 0 Å². The monoisotopic (exact) mass is 287 g/mol. The van der Waals surface area contributed by atoms with Gasteiger partial charge in [-0.2, -0.15) is 0 Å². The summed E-state index contributed by atoms with van der Waals surface area (Å²) in [4.78, 5) is 13.3. The number of carbonyl (C=O) groups is 1. The molecule has 0 aliphatic carbocycles. The second-order valence-electron chi connectivity index (χ2n) is 4.51. The van der Waals surface area contributed by atoms with Crippen LogP contribution >= 0.6 is 24.8 Å². The number of rotatable bonds is 8. The summed E-state index contributed by atoms with van der Waals surface area (Å²) < 4.78 is 0. The Balaban J connectivity index is -0.000000980. The van der Waals surface area contributed by atoms with E-state index in [4.69, 9.17) is 0 Å². The molecule has 2 N–H and O–H groups in total. The molecule has 0 spiro atoms. The topological polar surface area (TPSA) is 44.4 Å². The molecule has 17 heavy (non-hydrogen) atoms. The first kappa shape index (κ1) is 22.2. The number of halogens is 2. The largest absolute Gasteiger partial charge is 0.354 e. The van der Waals surface area contributed by atoms with Crippen LogP contribution in [0.3, 0.4) is 0 Å². The van der Waals surface area contributed by atoms with Gasteiger partial charge in [0, 0.05) is 13.1 Å². The third-order valence-electron chi connectivity index (χ3n) is 2.07. The minimum Gasteiger partial charge on any atom is -0.354 e. The summed E-state index contributed by atoms with van der Waals surface area (Å²) in [6.45, 7) is 7.31. The number of nitrogens with zero attached hydrogens (tertiary/aromatic N) is 1. The number of nitrogens with one attached hydrogen (secondary N) is 2. The Labute approximate surface area is 118 Å². The summed E-state index contributed by atoms with van der Waals surface area (Å²) in [6.07, 6.45) is 1.12. The van der Waals surface area contributed by atoms with Crippen molar-refractivity contribution in [3.05, 3.63) is 0 Å². The fraction of sp³-hybridized carbons (Fsp3) is 0.909. The Morgan fingerprint density at radius 2 is 1.76 bits per heavy atom. The van der Waals surface area contributed by atoms with Crippen molar-refractivity contribution in [2.45, 2.75) is 20.3 Å². The molecule has 0 radical (unpaired) electrons. The highest BCUT2D eigenvalue weighted by atomic mass is 35.5. The minimum absolute atomic E-state index is 0. The molecule has 106 valence electrons. The van der Waals surface area contributed by atoms with Gasteiger partial charge >= 0.3 is 0 Å². The predicted octanol–water partition coefficient (Wildman–Crippen LogP) is 1.14. The van der Waals surface area contributed by atoms with Crippen LogP contribution < -0.4 is 10.6 Å². The van der Waals surface area contributed by atoms with E-state index >= 15 is 0 Å². The molecule has 0 heterocycles. The second kappa shape index (κ2) is 14.0. The van der Waals surface area contributed by atoms with E-state index in [0.29, 0.717) is 12.5 Å². The Hall–Kier alpha value is -0.0300. The summed E-state index contributed by atoms with van der Waals surface area (Å²) >= 11 is 0. The van der Waals surface area contributed by atoms with Crippen molar-refractivity contribution in [3.63, 3.8) is 0 Å². The smallest absolute Gasteiger partial charge is 0.234 e. The summed E-state index contributed by atoms with van der Waals surface area (Å²) in [5.41, 5.74) is 0. The fourth-order valence-electron chi connectivity index (χ4n) is 1.07. The summed E-state index contributed by atoms with van der Waals surface area (Å²) in [7, 11) is 3.99. The quantitative estimate of drug-likeness (QED) is 0.658. The zero-order valence-electron chi connectivity index (χ0n) is 11.3. The van der Waals surface area contributed by atoms with Crippen molar-refractivity contribution in [1.82, 2.24) is 15.5 Å². The second-order valence-corrected chi connectivity index (χ2v) is 4.51. The molecule has 0 fully saturated rings. The lowest BCUT2D eigenvalue weighted by Crippen LogP contribution is -2.37. The average Bonchev–Trinajstić information content (AvgIpc) is 2.11. The van der Waals surface area contributed by atoms with E-state index in [1.807, 2.05) is 19.0 Å². The van der Waals surface area contributed by atoms with Crippen LogP contribution in [-0.4, -0.2) is 51.1 Å². The molecule has 0 saturated heterocycles. The van der Waals surface area contributed by atoms with Gasteiger partial charge in [0.1, 0.15) is 0 Å². The van der Waals surface area contributed by atoms with Gasteiger partial charge in [-0.1, -0.05) is 13.8 Å². The molecule has 0 aliphatic rings. The number of likely N-dealkylation sites (N-methyl/N-ethyl adjacent to an activating group) is 1. The first-order chi connectivity index (χ1) is 7.02. The predicted molar refractivity (Wildman–Crippen MR) is 78.4 cm³/mol. The van der Waals surface area contributed by atoms with Crippen LogP contribution in [-0.2, 0) is 4.79 Å². The van der Waals surface area contributed by atoms with Gasteiger partial charge in [-0.3, -0.25) is 4.79 Å². The van der Waals surface area contributed by atoms with Crippen LogP contribution in [0.1, 0.15) is 20.3 Å². The lowest BCUT2D eigenvalue weighted by atomic mass is 10.1. The molecule has 0 aromatic rings. The van der Waals surface area contributed by atoms with Crippen LogP contribution in [0, 0.1) is 5.92 Å². The summed E-state index contributed by atoms with van der Waals surface area (Å²) in [5.74, 6) is 0.773. The van der Waals surface area contributed by atoms with Crippen LogP contribution in [0.4, 0.5) is 0 Å². The zero-order valence-corrected chi connectivity index (χ0v) is 12.9. The van der Waals surface area contributed by atoms with Crippen LogP contribution in [0.5, 0.6) is 0 Å². The van der Waals surface area contributed by atoms with Crippen LogP contribution in [0.25, 0.3) is 0 Å². The Morgan fingerprint density at radius 1 is 1.18 bits per heavy atom. The molecule has 0 rings (SSSR count). The molecular weight excluding hydrogens is 261 g/mol. The van der Waals surface area contributed by atoms with Crippen molar-refractivity contribution >= 4 is 30.7 Å². The highest BCUT2D eigenvalue weighted by Crippen LogP contribution is 1.95. The lowest BCUT2D eigenvalue weighted by molar-refractivity contribution is -0.120. The number of hydrogen-bond acceptors (Lipinski definition) is 3. The number of hydrogen-bond donors (Lipinski definition) is 2. The SMILES string of the molecule is CC(C)CCNCC(=O)NCCN(C)C.Cl.Cl. The molecule has 0 saturated carbocycles. The van der Waals surface area contributed by atoms with Gasteiger partial charge in [-0.15, -0.1) is 24.8 Å². The normalized spacial score (nSPS) is 9.76. The summed E-state index contributed by atoms with van der Waals surface area (Å²) in [6, 6.07) is 0. The maximum Gasteiger partial charge on any atom is 0.234 e. The van der Waals surface area contributed by atoms with Crippen molar-refractivity contribution in [2.75, 3.05) is 40.3 Å². The molecule has 0 aromatic carbocycles. The number of amides is 1. The molecular formula is C11H27Cl2N3O. The van der Waals surface area contributed by atoms with E-state index in [9.17, 15) is 4.79 Å². The van der Waals surface area contributed by atoms with E-state index in [2.05, 4.69) is 24.5 Å². The van der Waals surface area contributed by atoms with Gasteiger partial charge in [0.25, 0.3) is 0 Å². The van der Waals surface area contributed by atoms with Gasteiger partial charge in [0.05, 0.1) is 6.54 Å².